The van der Waals surface area contributed by atoms with Crippen LogP contribution in [0.25, 0.3) is 0 Å². The zero-order valence-corrected chi connectivity index (χ0v) is 18.2. The molecule has 8 nitrogen and oxygen atoms in total. The number of cyclic esters (lactones) is 1. The van der Waals surface area contributed by atoms with Gasteiger partial charge in [0.15, 0.2) is 0 Å². The SMILES string of the molecule is CC(=O)NC[C@H]1CN(c2ccc3c(c2)CCC(C)N3C(=O)OCc2ccccc2)C(=O)O1. The summed E-state index contributed by atoms with van der Waals surface area (Å²) < 4.78 is 10.9. The largest absolute Gasteiger partial charge is 0.444 e. The molecule has 0 spiro atoms. The highest BCUT2D eigenvalue weighted by atomic mass is 16.6. The second-order valence-electron chi connectivity index (χ2n) is 8.16. The molecule has 0 aliphatic carbocycles. The number of amides is 3. The van der Waals surface area contributed by atoms with Crippen LogP contribution in [-0.4, -0.2) is 43.3 Å². The number of nitrogens with zero attached hydrogens (tertiary/aromatic N) is 2. The van der Waals surface area contributed by atoms with Crippen LogP contribution in [0.3, 0.4) is 0 Å². The van der Waals surface area contributed by atoms with Gasteiger partial charge in [0.2, 0.25) is 5.91 Å². The Morgan fingerprint density at radius 1 is 1.19 bits per heavy atom. The van der Waals surface area contributed by atoms with E-state index >= 15 is 0 Å². The Hall–Kier alpha value is -3.55. The van der Waals surface area contributed by atoms with Gasteiger partial charge in [0.1, 0.15) is 12.7 Å². The van der Waals surface area contributed by atoms with Crippen molar-refractivity contribution in [1.82, 2.24) is 5.32 Å². The van der Waals surface area contributed by atoms with Crippen molar-refractivity contribution in [2.24, 2.45) is 0 Å². The van der Waals surface area contributed by atoms with Crippen molar-refractivity contribution >= 4 is 29.5 Å². The van der Waals surface area contributed by atoms with E-state index in [9.17, 15) is 14.4 Å². The molecule has 2 aromatic carbocycles. The number of fused-ring (bicyclic) bond motifs is 1. The Morgan fingerprint density at radius 3 is 2.72 bits per heavy atom. The molecule has 2 aliphatic heterocycles. The van der Waals surface area contributed by atoms with Gasteiger partial charge in [-0.05, 0) is 49.1 Å². The Kier molecular flexibility index (Phi) is 6.30. The molecule has 1 N–H and O–H groups in total. The maximum atomic E-state index is 12.9. The fourth-order valence-corrected chi connectivity index (χ4v) is 4.07. The van der Waals surface area contributed by atoms with E-state index in [1.807, 2.05) is 55.5 Å². The second-order valence-corrected chi connectivity index (χ2v) is 8.16. The van der Waals surface area contributed by atoms with E-state index in [-0.39, 0.29) is 31.2 Å². The minimum absolute atomic E-state index is 0.00964. The van der Waals surface area contributed by atoms with Gasteiger partial charge in [-0.2, -0.15) is 0 Å². The van der Waals surface area contributed by atoms with Crippen molar-refractivity contribution in [2.45, 2.75) is 45.4 Å². The molecule has 1 unspecified atom stereocenters. The van der Waals surface area contributed by atoms with Gasteiger partial charge >= 0.3 is 12.2 Å². The van der Waals surface area contributed by atoms with E-state index in [2.05, 4.69) is 5.32 Å². The molecule has 0 aromatic heterocycles. The van der Waals surface area contributed by atoms with E-state index in [1.54, 1.807) is 9.80 Å². The standard InChI is InChI=1S/C24H27N3O5/c1-16-8-9-19-12-20(26-14-21(32-23(26)29)13-25-17(2)28)10-11-22(19)27(16)24(30)31-15-18-6-4-3-5-7-18/h3-7,10-12,16,21H,8-9,13-15H2,1-2H3,(H,25,28)/t16?,21-/m0/s1. The number of rotatable bonds is 5. The van der Waals surface area contributed by atoms with Crippen LogP contribution in [0.15, 0.2) is 48.5 Å². The average Bonchev–Trinajstić information content (AvgIpc) is 3.17. The van der Waals surface area contributed by atoms with Crippen LogP contribution in [0.4, 0.5) is 21.0 Å². The van der Waals surface area contributed by atoms with Gasteiger partial charge in [0.05, 0.1) is 18.8 Å². The predicted octanol–water partition coefficient (Wildman–Crippen LogP) is 3.63. The van der Waals surface area contributed by atoms with Gasteiger partial charge < -0.3 is 14.8 Å². The third-order valence-corrected chi connectivity index (χ3v) is 5.76. The van der Waals surface area contributed by atoms with E-state index in [4.69, 9.17) is 9.47 Å². The first-order valence-corrected chi connectivity index (χ1v) is 10.8. The number of aryl methyl sites for hydroxylation is 1. The van der Waals surface area contributed by atoms with Crippen molar-refractivity contribution < 1.29 is 23.9 Å². The van der Waals surface area contributed by atoms with Gasteiger partial charge in [-0.25, -0.2) is 9.59 Å². The summed E-state index contributed by atoms with van der Waals surface area (Å²) in [6.07, 6.45) is 0.374. The maximum Gasteiger partial charge on any atom is 0.414 e. The Balaban J connectivity index is 1.47. The monoisotopic (exact) mass is 437 g/mol. The van der Waals surface area contributed by atoms with Crippen molar-refractivity contribution in [2.75, 3.05) is 22.9 Å². The summed E-state index contributed by atoms with van der Waals surface area (Å²) >= 11 is 0. The normalized spacial score (nSPS) is 19.9. The molecular formula is C24H27N3O5. The molecule has 2 heterocycles. The van der Waals surface area contributed by atoms with Crippen molar-refractivity contribution in [3.8, 4) is 0 Å². The lowest BCUT2D eigenvalue weighted by Gasteiger charge is -2.35. The molecule has 0 bridgehead atoms. The lowest BCUT2D eigenvalue weighted by atomic mass is 9.96. The molecule has 32 heavy (non-hydrogen) atoms. The van der Waals surface area contributed by atoms with Gasteiger partial charge in [0, 0.05) is 18.7 Å². The van der Waals surface area contributed by atoms with Crippen molar-refractivity contribution in [1.29, 1.82) is 0 Å². The molecule has 0 saturated carbocycles. The van der Waals surface area contributed by atoms with Crippen molar-refractivity contribution in [3.05, 3.63) is 59.7 Å². The number of benzene rings is 2. The summed E-state index contributed by atoms with van der Waals surface area (Å²) in [7, 11) is 0. The number of carbonyl (C=O) groups is 3. The lowest BCUT2D eigenvalue weighted by molar-refractivity contribution is -0.119. The number of hydrogen-bond donors (Lipinski definition) is 1. The zero-order valence-electron chi connectivity index (χ0n) is 18.2. The van der Waals surface area contributed by atoms with Crippen LogP contribution in [0, 0.1) is 0 Å². The molecule has 2 atom stereocenters. The fraction of sp³-hybridized carbons (Fsp3) is 0.375. The molecular weight excluding hydrogens is 410 g/mol. The molecule has 1 fully saturated rings. The highest BCUT2D eigenvalue weighted by Crippen LogP contribution is 2.35. The van der Waals surface area contributed by atoms with Gasteiger partial charge in [-0.3, -0.25) is 14.6 Å². The zero-order chi connectivity index (χ0) is 22.7. The summed E-state index contributed by atoms with van der Waals surface area (Å²) in [5.74, 6) is -0.165. The summed E-state index contributed by atoms with van der Waals surface area (Å²) in [6.45, 7) is 4.28. The molecule has 1 saturated heterocycles. The van der Waals surface area contributed by atoms with E-state index in [0.29, 0.717) is 12.2 Å². The summed E-state index contributed by atoms with van der Waals surface area (Å²) in [6, 6.07) is 15.2. The molecule has 8 heteroatoms. The minimum atomic E-state index is -0.441. The lowest BCUT2D eigenvalue weighted by Crippen LogP contribution is -2.42. The first-order chi connectivity index (χ1) is 15.4. The van der Waals surface area contributed by atoms with Crippen LogP contribution in [0.2, 0.25) is 0 Å². The number of nitrogens with one attached hydrogen (secondary N) is 1. The van der Waals surface area contributed by atoms with Crippen molar-refractivity contribution in [3.63, 3.8) is 0 Å². The van der Waals surface area contributed by atoms with Crippen LogP contribution in [0.5, 0.6) is 0 Å². The van der Waals surface area contributed by atoms with Gasteiger partial charge in [-0.1, -0.05) is 30.3 Å². The topological polar surface area (TPSA) is 88.2 Å². The minimum Gasteiger partial charge on any atom is -0.444 e. The van der Waals surface area contributed by atoms with Crippen LogP contribution >= 0.6 is 0 Å². The number of anilines is 2. The fourth-order valence-electron chi connectivity index (χ4n) is 4.07. The van der Waals surface area contributed by atoms with Crippen LogP contribution in [-0.2, 0) is 27.3 Å². The summed E-state index contributed by atoms with van der Waals surface area (Å²) in [5, 5.41) is 2.68. The van der Waals surface area contributed by atoms with Gasteiger partial charge in [-0.15, -0.1) is 0 Å². The maximum absolute atomic E-state index is 12.9. The smallest absolute Gasteiger partial charge is 0.414 e. The quantitative estimate of drug-likeness (QED) is 0.772. The first kappa shape index (κ1) is 21.7. The highest BCUT2D eigenvalue weighted by Gasteiger charge is 2.34. The molecule has 4 rings (SSSR count). The van der Waals surface area contributed by atoms with Gasteiger partial charge in [0.25, 0.3) is 0 Å². The third kappa shape index (κ3) is 4.69. The number of hydrogen-bond acceptors (Lipinski definition) is 5. The Morgan fingerprint density at radius 2 is 1.97 bits per heavy atom. The number of ether oxygens (including phenoxy) is 2. The van der Waals surface area contributed by atoms with E-state index < -0.39 is 12.2 Å². The average molecular weight is 437 g/mol. The Bertz CT molecular complexity index is 1010. The summed E-state index contributed by atoms with van der Waals surface area (Å²) in [5.41, 5.74) is 3.43. The predicted molar refractivity (Wildman–Crippen MR) is 120 cm³/mol. The van der Waals surface area contributed by atoms with Crippen LogP contribution in [0.1, 0.15) is 31.4 Å². The third-order valence-electron chi connectivity index (χ3n) is 5.76. The highest BCUT2D eigenvalue weighted by molar-refractivity contribution is 5.93. The number of carbonyl (C=O) groups excluding carboxylic acids is 3. The summed E-state index contributed by atoms with van der Waals surface area (Å²) in [4.78, 5) is 39.6. The van der Waals surface area contributed by atoms with Crippen LogP contribution < -0.4 is 15.1 Å². The molecule has 2 aliphatic rings. The molecule has 168 valence electrons. The first-order valence-electron chi connectivity index (χ1n) is 10.8. The molecule has 0 radical (unpaired) electrons. The molecule has 2 aromatic rings. The van der Waals surface area contributed by atoms with E-state index in [0.717, 1.165) is 29.7 Å². The second kappa shape index (κ2) is 9.30. The Labute approximate surface area is 187 Å². The van der Waals surface area contributed by atoms with E-state index in [1.165, 1.54) is 6.92 Å². The molecule has 3 amide bonds.